The molecule has 1 aliphatic rings. The highest BCUT2D eigenvalue weighted by Gasteiger charge is 2.26. The molecular weight excluding hydrogens is 316 g/mol. The van der Waals surface area contributed by atoms with E-state index < -0.39 is 0 Å². The Morgan fingerprint density at radius 3 is 2.84 bits per heavy atom. The van der Waals surface area contributed by atoms with Crippen molar-refractivity contribution in [1.82, 2.24) is 19.9 Å². The molecule has 3 heterocycles. The summed E-state index contributed by atoms with van der Waals surface area (Å²) in [6.45, 7) is 1.06. The number of hydrogen-bond acceptors (Lipinski definition) is 5. The summed E-state index contributed by atoms with van der Waals surface area (Å²) in [4.78, 5) is 26.9. The zero-order valence-electron chi connectivity index (χ0n) is 13.8. The van der Waals surface area contributed by atoms with Gasteiger partial charge in [0.1, 0.15) is 17.1 Å². The number of carbonyl (C=O) groups excluding carboxylic acids is 1. The SMILES string of the molecule is O=C(c1cnccn1)N1CCc2oc(CCc3ccccc3)nc2C1. The summed E-state index contributed by atoms with van der Waals surface area (Å²) in [5.41, 5.74) is 2.48. The van der Waals surface area contributed by atoms with Gasteiger partial charge in [0, 0.05) is 31.8 Å². The first-order valence-corrected chi connectivity index (χ1v) is 8.36. The van der Waals surface area contributed by atoms with Crippen molar-refractivity contribution in [2.75, 3.05) is 6.54 Å². The van der Waals surface area contributed by atoms with Gasteiger partial charge in [-0.3, -0.25) is 9.78 Å². The lowest BCUT2D eigenvalue weighted by Crippen LogP contribution is -2.36. The van der Waals surface area contributed by atoms with E-state index in [-0.39, 0.29) is 5.91 Å². The summed E-state index contributed by atoms with van der Waals surface area (Å²) >= 11 is 0. The van der Waals surface area contributed by atoms with Crippen LogP contribution in [0.2, 0.25) is 0 Å². The van der Waals surface area contributed by atoms with Crippen LogP contribution in [0.1, 0.15) is 33.4 Å². The molecule has 0 atom stereocenters. The van der Waals surface area contributed by atoms with Crippen LogP contribution < -0.4 is 0 Å². The molecule has 0 aliphatic carbocycles. The van der Waals surface area contributed by atoms with Crippen molar-refractivity contribution in [3.8, 4) is 0 Å². The smallest absolute Gasteiger partial charge is 0.274 e. The predicted molar refractivity (Wildman–Crippen MR) is 90.8 cm³/mol. The number of aromatic nitrogens is 3. The number of rotatable bonds is 4. The predicted octanol–water partition coefficient (Wildman–Crippen LogP) is 2.45. The van der Waals surface area contributed by atoms with Crippen LogP contribution in [-0.2, 0) is 25.8 Å². The molecule has 0 radical (unpaired) electrons. The van der Waals surface area contributed by atoms with Gasteiger partial charge < -0.3 is 9.32 Å². The third-order valence-corrected chi connectivity index (χ3v) is 4.31. The van der Waals surface area contributed by atoms with Gasteiger partial charge in [-0.05, 0) is 12.0 Å². The van der Waals surface area contributed by atoms with Crippen LogP contribution in [0.25, 0.3) is 0 Å². The minimum Gasteiger partial charge on any atom is -0.445 e. The molecule has 0 N–H and O–H groups in total. The van der Waals surface area contributed by atoms with Gasteiger partial charge in [-0.15, -0.1) is 0 Å². The maximum absolute atomic E-state index is 12.5. The molecule has 6 heteroatoms. The molecule has 126 valence electrons. The van der Waals surface area contributed by atoms with Gasteiger partial charge in [-0.1, -0.05) is 30.3 Å². The van der Waals surface area contributed by atoms with Crippen LogP contribution in [0.4, 0.5) is 0 Å². The van der Waals surface area contributed by atoms with E-state index in [0.29, 0.717) is 25.2 Å². The van der Waals surface area contributed by atoms with E-state index >= 15 is 0 Å². The fraction of sp³-hybridized carbons (Fsp3) is 0.263. The van der Waals surface area contributed by atoms with E-state index in [0.717, 1.165) is 30.2 Å². The van der Waals surface area contributed by atoms with E-state index in [1.54, 1.807) is 11.1 Å². The second-order valence-electron chi connectivity index (χ2n) is 6.03. The Kier molecular flexibility index (Phi) is 4.24. The summed E-state index contributed by atoms with van der Waals surface area (Å²) in [5, 5.41) is 0. The number of aryl methyl sites for hydroxylation is 2. The van der Waals surface area contributed by atoms with Crippen molar-refractivity contribution in [1.29, 1.82) is 0 Å². The molecule has 1 aromatic carbocycles. The first-order chi connectivity index (χ1) is 12.3. The number of nitrogens with zero attached hydrogens (tertiary/aromatic N) is 4. The van der Waals surface area contributed by atoms with Gasteiger partial charge in [0.25, 0.3) is 5.91 Å². The van der Waals surface area contributed by atoms with E-state index in [4.69, 9.17) is 4.42 Å². The molecule has 0 saturated heterocycles. The topological polar surface area (TPSA) is 72.1 Å². The highest BCUT2D eigenvalue weighted by molar-refractivity contribution is 5.92. The third kappa shape index (κ3) is 3.42. The minimum atomic E-state index is -0.118. The number of fused-ring (bicyclic) bond motifs is 1. The first kappa shape index (κ1) is 15.5. The average Bonchev–Trinajstić information content (AvgIpc) is 3.09. The van der Waals surface area contributed by atoms with Gasteiger partial charge >= 0.3 is 0 Å². The number of hydrogen-bond donors (Lipinski definition) is 0. The monoisotopic (exact) mass is 334 g/mol. The van der Waals surface area contributed by atoms with E-state index in [2.05, 4.69) is 27.1 Å². The van der Waals surface area contributed by atoms with Crippen molar-refractivity contribution < 1.29 is 9.21 Å². The first-order valence-electron chi connectivity index (χ1n) is 8.36. The standard InChI is InChI=1S/C19H18N4O2/c24-19(15-12-20-9-10-21-15)23-11-8-17-16(13-23)22-18(25-17)7-6-14-4-2-1-3-5-14/h1-5,9-10,12H,6-8,11,13H2. The Labute approximate surface area is 145 Å². The molecular formula is C19H18N4O2. The lowest BCUT2D eigenvalue weighted by Gasteiger charge is -2.24. The van der Waals surface area contributed by atoms with Gasteiger partial charge in [-0.25, -0.2) is 9.97 Å². The van der Waals surface area contributed by atoms with Crippen molar-refractivity contribution in [2.45, 2.75) is 25.8 Å². The van der Waals surface area contributed by atoms with Gasteiger partial charge in [0.15, 0.2) is 5.89 Å². The second-order valence-corrected chi connectivity index (χ2v) is 6.03. The molecule has 0 spiro atoms. The molecule has 3 aromatic rings. The maximum atomic E-state index is 12.5. The van der Waals surface area contributed by atoms with Crippen molar-refractivity contribution in [3.63, 3.8) is 0 Å². The summed E-state index contributed by atoms with van der Waals surface area (Å²) in [6, 6.07) is 10.3. The third-order valence-electron chi connectivity index (χ3n) is 4.31. The molecule has 0 bridgehead atoms. The van der Waals surface area contributed by atoms with Crippen LogP contribution in [0, 0.1) is 0 Å². The largest absolute Gasteiger partial charge is 0.445 e. The lowest BCUT2D eigenvalue weighted by atomic mass is 10.1. The van der Waals surface area contributed by atoms with Crippen LogP contribution in [-0.4, -0.2) is 32.3 Å². The number of oxazole rings is 1. The number of amides is 1. The Morgan fingerprint density at radius 2 is 2.04 bits per heavy atom. The fourth-order valence-electron chi connectivity index (χ4n) is 3.00. The molecule has 4 rings (SSSR count). The van der Waals surface area contributed by atoms with E-state index in [9.17, 15) is 4.79 Å². The lowest BCUT2D eigenvalue weighted by molar-refractivity contribution is 0.0721. The Morgan fingerprint density at radius 1 is 1.16 bits per heavy atom. The van der Waals surface area contributed by atoms with Crippen LogP contribution in [0.15, 0.2) is 53.3 Å². The molecule has 1 amide bonds. The molecule has 25 heavy (non-hydrogen) atoms. The maximum Gasteiger partial charge on any atom is 0.274 e. The highest BCUT2D eigenvalue weighted by Crippen LogP contribution is 2.21. The van der Waals surface area contributed by atoms with Crippen molar-refractivity contribution >= 4 is 5.91 Å². The van der Waals surface area contributed by atoms with Gasteiger partial charge in [0.05, 0.1) is 12.7 Å². The molecule has 0 saturated carbocycles. The Hall–Kier alpha value is -3.02. The Balaban J connectivity index is 1.43. The molecule has 1 aliphatic heterocycles. The summed E-state index contributed by atoms with van der Waals surface area (Å²) < 4.78 is 5.88. The Bertz CT molecular complexity index is 862. The minimum absolute atomic E-state index is 0.118. The van der Waals surface area contributed by atoms with Gasteiger partial charge in [-0.2, -0.15) is 0 Å². The molecule has 0 fully saturated rings. The van der Waals surface area contributed by atoms with Gasteiger partial charge in [0.2, 0.25) is 0 Å². The van der Waals surface area contributed by atoms with E-state index in [1.807, 2.05) is 18.2 Å². The quantitative estimate of drug-likeness (QED) is 0.733. The molecule has 6 nitrogen and oxygen atoms in total. The molecule has 0 unspecified atom stereocenters. The fourth-order valence-corrected chi connectivity index (χ4v) is 3.00. The second kappa shape index (κ2) is 6.84. The normalized spacial score (nSPS) is 13.5. The average molecular weight is 334 g/mol. The zero-order valence-corrected chi connectivity index (χ0v) is 13.8. The van der Waals surface area contributed by atoms with Crippen LogP contribution >= 0.6 is 0 Å². The summed E-state index contributed by atoms with van der Waals surface area (Å²) in [7, 11) is 0. The van der Waals surface area contributed by atoms with Crippen molar-refractivity contribution in [2.24, 2.45) is 0 Å². The van der Waals surface area contributed by atoms with Crippen LogP contribution in [0.5, 0.6) is 0 Å². The van der Waals surface area contributed by atoms with Crippen LogP contribution in [0.3, 0.4) is 0 Å². The summed E-state index contributed by atoms with van der Waals surface area (Å²) in [6.07, 6.45) is 6.91. The van der Waals surface area contributed by atoms with E-state index in [1.165, 1.54) is 18.0 Å². The number of carbonyl (C=O) groups is 1. The van der Waals surface area contributed by atoms with Crippen molar-refractivity contribution in [3.05, 3.63) is 77.5 Å². The zero-order chi connectivity index (χ0) is 17.1. The molecule has 2 aromatic heterocycles. The highest BCUT2D eigenvalue weighted by atomic mass is 16.4. The summed E-state index contributed by atoms with van der Waals surface area (Å²) in [5.74, 6) is 1.52. The number of benzene rings is 1.